The van der Waals surface area contributed by atoms with Crippen LogP contribution in [0, 0.1) is 0 Å². The van der Waals surface area contributed by atoms with Gasteiger partial charge in [0.25, 0.3) is 5.56 Å². The van der Waals surface area contributed by atoms with Crippen molar-refractivity contribution >= 4 is 17.2 Å². The monoisotopic (exact) mass is 317 g/mol. The van der Waals surface area contributed by atoms with Crippen LogP contribution in [-0.2, 0) is 11.3 Å². The van der Waals surface area contributed by atoms with E-state index in [4.69, 9.17) is 0 Å². The highest BCUT2D eigenvalue weighted by Crippen LogP contribution is 2.21. The van der Waals surface area contributed by atoms with Gasteiger partial charge in [0.1, 0.15) is 5.69 Å². The first kappa shape index (κ1) is 15.2. The zero-order valence-electron chi connectivity index (χ0n) is 10.6. The molecular formula is C12H10F3N3O2S. The molecule has 0 unspecified atom stereocenters. The first-order chi connectivity index (χ1) is 9.88. The number of aromatic nitrogens is 2. The predicted octanol–water partition coefficient (Wildman–Crippen LogP) is 1.65. The summed E-state index contributed by atoms with van der Waals surface area (Å²) in [7, 11) is 0. The minimum absolute atomic E-state index is 0.139. The van der Waals surface area contributed by atoms with Crippen molar-refractivity contribution in [3.05, 3.63) is 40.0 Å². The minimum atomic E-state index is -4.93. The zero-order valence-corrected chi connectivity index (χ0v) is 11.4. The summed E-state index contributed by atoms with van der Waals surface area (Å²) >= 11 is 1.43. The van der Waals surface area contributed by atoms with Gasteiger partial charge in [0.05, 0.1) is 11.4 Å². The molecule has 0 atom stereocenters. The van der Waals surface area contributed by atoms with Crippen molar-refractivity contribution in [3.8, 4) is 10.6 Å². The molecule has 2 aromatic heterocycles. The molecule has 1 amide bonds. The number of alkyl halides is 3. The summed E-state index contributed by atoms with van der Waals surface area (Å²) in [5.74, 6) is -2.04. The lowest BCUT2D eigenvalue weighted by Gasteiger charge is -2.09. The van der Waals surface area contributed by atoms with Gasteiger partial charge in [0, 0.05) is 12.6 Å². The van der Waals surface area contributed by atoms with Crippen LogP contribution in [0.5, 0.6) is 0 Å². The van der Waals surface area contributed by atoms with E-state index >= 15 is 0 Å². The van der Waals surface area contributed by atoms with E-state index in [0.29, 0.717) is 5.69 Å². The Labute approximate surface area is 121 Å². The third-order valence-electron chi connectivity index (χ3n) is 2.51. The third kappa shape index (κ3) is 3.91. The van der Waals surface area contributed by atoms with Crippen LogP contribution in [0.4, 0.5) is 13.2 Å². The molecule has 0 fully saturated rings. The van der Waals surface area contributed by atoms with Gasteiger partial charge in [-0.05, 0) is 17.5 Å². The van der Waals surface area contributed by atoms with Crippen molar-refractivity contribution in [2.75, 3.05) is 6.54 Å². The molecule has 1 N–H and O–H groups in total. The van der Waals surface area contributed by atoms with Crippen LogP contribution < -0.4 is 10.9 Å². The smallest absolute Gasteiger partial charge is 0.346 e. The van der Waals surface area contributed by atoms with Crippen molar-refractivity contribution in [3.63, 3.8) is 0 Å². The van der Waals surface area contributed by atoms with Crippen LogP contribution in [0.25, 0.3) is 10.6 Å². The predicted molar refractivity (Wildman–Crippen MR) is 70.9 cm³/mol. The minimum Gasteiger partial charge on any atom is -0.346 e. The molecule has 0 spiro atoms. The van der Waals surface area contributed by atoms with Gasteiger partial charge in [-0.25, -0.2) is 4.68 Å². The number of nitrogens with one attached hydrogen (secondary N) is 1. The lowest BCUT2D eigenvalue weighted by atomic mass is 10.3. The lowest BCUT2D eigenvalue weighted by Crippen LogP contribution is -2.39. The Morgan fingerprint density at radius 2 is 2.10 bits per heavy atom. The molecule has 0 aliphatic carbocycles. The van der Waals surface area contributed by atoms with Gasteiger partial charge in [0.2, 0.25) is 0 Å². The second-order valence-electron chi connectivity index (χ2n) is 4.01. The molecule has 21 heavy (non-hydrogen) atoms. The molecular weight excluding hydrogens is 307 g/mol. The highest BCUT2D eigenvalue weighted by atomic mass is 32.1. The average molecular weight is 317 g/mol. The van der Waals surface area contributed by atoms with Gasteiger partial charge in [0.15, 0.2) is 0 Å². The topological polar surface area (TPSA) is 64.0 Å². The SMILES string of the molecule is O=C(NCCn1nc(-c2cccs2)ccc1=O)C(F)(F)F. The van der Waals surface area contributed by atoms with Crippen LogP contribution in [0.2, 0.25) is 0 Å². The van der Waals surface area contributed by atoms with Crippen molar-refractivity contribution in [2.24, 2.45) is 0 Å². The second kappa shape index (κ2) is 6.08. The van der Waals surface area contributed by atoms with Crippen LogP contribution in [-0.4, -0.2) is 28.4 Å². The van der Waals surface area contributed by atoms with E-state index in [-0.39, 0.29) is 13.1 Å². The number of thiophene rings is 1. The summed E-state index contributed by atoms with van der Waals surface area (Å²) in [6.07, 6.45) is -4.93. The summed E-state index contributed by atoms with van der Waals surface area (Å²) in [6, 6.07) is 6.46. The lowest BCUT2D eigenvalue weighted by molar-refractivity contribution is -0.173. The van der Waals surface area contributed by atoms with Gasteiger partial charge in [-0.15, -0.1) is 11.3 Å². The van der Waals surface area contributed by atoms with Crippen LogP contribution >= 0.6 is 11.3 Å². The second-order valence-corrected chi connectivity index (χ2v) is 4.96. The molecule has 2 rings (SSSR count). The van der Waals surface area contributed by atoms with E-state index < -0.39 is 17.6 Å². The first-order valence-corrected chi connectivity index (χ1v) is 6.73. The Morgan fingerprint density at radius 1 is 1.33 bits per heavy atom. The maximum absolute atomic E-state index is 12.0. The number of rotatable bonds is 4. The first-order valence-electron chi connectivity index (χ1n) is 5.85. The Kier molecular flexibility index (Phi) is 4.41. The highest BCUT2D eigenvalue weighted by Gasteiger charge is 2.38. The third-order valence-corrected chi connectivity index (χ3v) is 3.40. The maximum atomic E-state index is 12.0. The van der Waals surface area contributed by atoms with Crippen molar-refractivity contribution in [1.29, 1.82) is 0 Å². The maximum Gasteiger partial charge on any atom is 0.471 e. The van der Waals surface area contributed by atoms with Crippen molar-refractivity contribution in [1.82, 2.24) is 15.1 Å². The number of hydrogen-bond donors (Lipinski definition) is 1. The van der Waals surface area contributed by atoms with Gasteiger partial charge < -0.3 is 5.32 Å². The molecule has 0 bridgehead atoms. The standard InChI is InChI=1S/C12H10F3N3O2S/c13-12(14,15)11(20)16-5-6-18-10(19)4-3-8(17-18)9-2-1-7-21-9/h1-4,7H,5-6H2,(H,16,20). The van der Waals surface area contributed by atoms with E-state index in [9.17, 15) is 22.8 Å². The van der Waals surface area contributed by atoms with E-state index in [1.807, 2.05) is 17.5 Å². The van der Waals surface area contributed by atoms with E-state index in [0.717, 1.165) is 9.56 Å². The number of nitrogens with zero attached hydrogens (tertiary/aromatic N) is 2. The summed E-state index contributed by atoms with van der Waals surface area (Å²) in [5, 5.41) is 7.59. The molecule has 9 heteroatoms. The van der Waals surface area contributed by atoms with Gasteiger partial charge >= 0.3 is 12.1 Å². The summed E-state index contributed by atoms with van der Waals surface area (Å²) in [4.78, 5) is 23.1. The molecule has 2 heterocycles. The normalized spacial score (nSPS) is 11.4. The van der Waals surface area contributed by atoms with Crippen LogP contribution in [0.15, 0.2) is 34.4 Å². The summed E-state index contributed by atoms with van der Waals surface area (Å²) in [5.41, 5.74) is 0.100. The van der Waals surface area contributed by atoms with Gasteiger partial charge in [-0.2, -0.15) is 18.3 Å². The Hall–Kier alpha value is -2.16. The fourth-order valence-electron chi connectivity index (χ4n) is 1.54. The van der Waals surface area contributed by atoms with E-state index in [1.165, 1.54) is 17.4 Å². The zero-order chi connectivity index (χ0) is 15.5. The number of hydrogen-bond acceptors (Lipinski definition) is 4. The quantitative estimate of drug-likeness (QED) is 0.932. The molecule has 5 nitrogen and oxygen atoms in total. The van der Waals surface area contributed by atoms with Crippen molar-refractivity contribution in [2.45, 2.75) is 12.7 Å². The van der Waals surface area contributed by atoms with E-state index in [1.54, 1.807) is 11.4 Å². The molecule has 0 saturated carbocycles. The molecule has 112 valence electrons. The number of carbonyl (C=O) groups excluding carboxylic acids is 1. The molecule has 0 saturated heterocycles. The van der Waals surface area contributed by atoms with Crippen molar-refractivity contribution < 1.29 is 18.0 Å². The Balaban J connectivity index is 2.05. The molecule has 0 radical (unpaired) electrons. The molecule has 0 aromatic carbocycles. The fourth-order valence-corrected chi connectivity index (χ4v) is 2.23. The molecule has 2 aromatic rings. The average Bonchev–Trinajstić information content (AvgIpc) is 2.93. The fraction of sp³-hybridized carbons (Fsp3) is 0.250. The Bertz CT molecular complexity index is 680. The Morgan fingerprint density at radius 3 is 2.71 bits per heavy atom. The van der Waals surface area contributed by atoms with Crippen LogP contribution in [0.1, 0.15) is 0 Å². The van der Waals surface area contributed by atoms with Crippen LogP contribution in [0.3, 0.4) is 0 Å². The largest absolute Gasteiger partial charge is 0.471 e. The van der Waals surface area contributed by atoms with Gasteiger partial charge in [-0.3, -0.25) is 9.59 Å². The highest BCUT2D eigenvalue weighted by molar-refractivity contribution is 7.13. The summed E-state index contributed by atoms with van der Waals surface area (Å²) in [6.45, 7) is -0.473. The molecule has 0 aliphatic rings. The number of amides is 1. The van der Waals surface area contributed by atoms with Gasteiger partial charge in [-0.1, -0.05) is 6.07 Å². The van der Waals surface area contributed by atoms with E-state index in [2.05, 4.69) is 5.10 Å². The summed E-state index contributed by atoms with van der Waals surface area (Å²) < 4.78 is 37.0. The molecule has 0 aliphatic heterocycles. The number of carbonyl (C=O) groups is 1. The number of halogens is 3.